The number of benzene rings is 2. The third kappa shape index (κ3) is 3.40. The van der Waals surface area contributed by atoms with Crippen LogP contribution in [0.15, 0.2) is 34.8 Å². The summed E-state index contributed by atoms with van der Waals surface area (Å²) < 4.78 is 6.76. The monoisotopic (exact) mass is 351 g/mol. The van der Waals surface area contributed by atoms with E-state index in [4.69, 9.17) is 4.74 Å². The van der Waals surface area contributed by atoms with Gasteiger partial charge in [0, 0.05) is 22.2 Å². The molecule has 2 aromatic carbocycles. The topological polar surface area (TPSA) is 72.6 Å². The Hall–Kier alpha value is -1.92. The van der Waals surface area contributed by atoms with Gasteiger partial charge in [0.2, 0.25) is 0 Å². The molecule has 0 aliphatic rings. The van der Waals surface area contributed by atoms with Gasteiger partial charge in [-0.05, 0) is 43.2 Å². The van der Waals surface area contributed by atoms with Gasteiger partial charge in [0.25, 0.3) is 5.69 Å². The third-order valence-electron chi connectivity index (χ3n) is 3.06. The third-order valence-corrected chi connectivity index (χ3v) is 4.31. The van der Waals surface area contributed by atoms with E-state index in [2.05, 4.69) is 15.9 Å². The zero-order valence-corrected chi connectivity index (χ0v) is 13.2. The lowest BCUT2D eigenvalue weighted by Gasteiger charge is -2.12. The summed E-state index contributed by atoms with van der Waals surface area (Å²) in [6, 6.07) is 7.89. The highest BCUT2D eigenvalue weighted by molar-refractivity contribution is 9.10. The highest BCUT2D eigenvalue weighted by Crippen LogP contribution is 2.32. The summed E-state index contributed by atoms with van der Waals surface area (Å²) in [4.78, 5) is 10.2. The van der Waals surface area contributed by atoms with Crippen molar-refractivity contribution in [2.75, 3.05) is 0 Å². The van der Waals surface area contributed by atoms with Crippen molar-refractivity contribution in [3.63, 3.8) is 0 Å². The van der Waals surface area contributed by atoms with Gasteiger partial charge >= 0.3 is 0 Å². The fourth-order valence-electron chi connectivity index (χ4n) is 1.99. The van der Waals surface area contributed by atoms with E-state index in [0.29, 0.717) is 17.1 Å². The summed E-state index contributed by atoms with van der Waals surface area (Å²) in [7, 11) is 0. The molecule has 0 atom stereocenters. The Labute approximate surface area is 130 Å². The number of aryl methyl sites for hydroxylation is 2. The van der Waals surface area contributed by atoms with E-state index in [9.17, 15) is 15.2 Å². The summed E-state index contributed by atoms with van der Waals surface area (Å²) in [5, 5.41) is 20.1. The fourth-order valence-corrected chi connectivity index (χ4v) is 2.22. The van der Waals surface area contributed by atoms with E-state index in [1.165, 1.54) is 18.2 Å². The van der Waals surface area contributed by atoms with Gasteiger partial charge < -0.3 is 9.84 Å². The molecule has 0 heterocycles. The van der Waals surface area contributed by atoms with Crippen molar-refractivity contribution in [2.45, 2.75) is 20.5 Å². The Morgan fingerprint density at radius 1 is 1.24 bits per heavy atom. The molecule has 0 aliphatic carbocycles. The molecule has 0 saturated heterocycles. The molecule has 0 amide bonds. The second-order valence-electron chi connectivity index (χ2n) is 4.68. The minimum Gasteiger partial charge on any atom is -0.457 e. The average molecular weight is 352 g/mol. The number of nitro groups is 1. The first-order valence-corrected chi connectivity index (χ1v) is 7.04. The summed E-state index contributed by atoms with van der Waals surface area (Å²) >= 11 is 3.48. The number of aliphatic hydroxyl groups is 1. The van der Waals surface area contributed by atoms with Crippen LogP contribution in [0.3, 0.4) is 0 Å². The lowest BCUT2D eigenvalue weighted by molar-refractivity contribution is -0.385. The van der Waals surface area contributed by atoms with Crippen molar-refractivity contribution in [3.05, 3.63) is 61.6 Å². The van der Waals surface area contributed by atoms with E-state index in [1.807, 2.05) is 26.0 Å². The molecule has 110 valence electrons. The minimum absolute atomic E-state index is 0.0745. The van der Waals surface area contributed by atoms with Gasteiger partial charge in [0.1, 0.15) is 11.5 Å². The Morgan fingerprint density at radius 2 is 1.86 bits per heavy atom. The number of nitrogens with zero attached hydrogens (tertiary/aromatic N) is 1. The maximum Gasteiger partial charge on any atom is 0.270 e. The van der Waals surface area contributed by atoms with Crippen LogP contribution >= 0.6 is 15.9 Å². The second kappa shape index (κ2) is 6.24. The standard InChI is InChI=1S/C15H14BrNO4/c1-9-5-13(6-10(2)15(9)16)21-14-4-3-12(17(19)20)7-11(14)8-18/h3-7,18H,8H2,1-2H3. The number of hydrogen-bond donors (Lipinski definition) is 1. The van der Waals surface area contributed by atoms with Crippen molar-refractivity contribution in [1.29, 1.82) is 0 Å². The van der Waals surface area contributed by atoms with Crippen LogP contribution in [0.2, 0.25) is 0 Å². The van der Waals surface area contributed by atoms with Crippen molar-refractivity contribution in [3.8, 4) is 11.5 Å². The smallest absolute Gasteiger partial charge is 0.270 e. The molecule has 5 nitrogen and oxygen atoms in total. The zero-order chi connectivity index (χ0) is 15.6. The van der Waals surface area contributed by atoms with E-state index in [-0.39, 0.29) is 12.3 Å². The number of rotatable bonds is 4. The van der Waals surface area contributed by atoms with Crippen LogP contribution in [0.1, 0.15) is 16.7 Å². The van der Waals surface area contributed by atoms with Crippen LogP contribution < -0.4 is 4.74 Å². The van der Waals surface area contributed by atoms with Gasteiger partial charge in [-0.3, -0.25) is 10.1 Å². The number of hydrogen-bond acceptors (Lipinski definition) is 4. The van der Waals surface area contributed by atoms with Crippen molar-refractivity contribution in [2.24, 2.45) is 0 Å². The number of ether oxygens (including phenoxy) is 1. The molecule has 0 unspecified atom stereocenters. The first-order valence-electron chi connectivity index (χ1n) is 6.25. The van der Waals surface area contributed by atoms with Gasteiger partial charge in [-0.1, -0.05) is 15.9 Å². The molecule has 0 aromatic heterocycles. The van der Waals surface area contributed by atoms with Crippen molar-refractivity contribution < 1.29 is 14.8 Å². The largest absolute Gasteiger partial charge is 0.457 e. The molecule has 0 aliphatic heterocycles. The summed E-state index contributed by atoms with van der Waals surface area (Å²) in [5.74, 6) is 1.03. The Morgan fingerprint density at radius 3 is 2.38 bits per heavy atom. The predicted octanol–water partition coefficient (Wildman–Crippen LogP) is 4.26. The Bertz CT molecular complexity index is 677. The minimum atomic E-state index is -0.503. The first-order chi connectivity index (χ1) is 9.92. The second-order valence-corrected chi connectivity index (χ2v) is 5.47. The van der Waals surface area contributed by atoms with E-state index < -0.39 is 4.92 Å². The zero-order valence-electron chi connectivity index (χ0n) is 11.6. The van der Waals surface area contributed by atoms with Crippen LogP contribution in [0.4, 0.5) is 5.69 Å². The quantitative estimate of drug-likeness (QED) is 0.659. The van der Waals surface area contributed by atoms with E-state index >= 15 is 0 Å². The number of nitro benzene ring substituents is 1. The lowest BCUT2D eigenvalue weighted by atomic mass is 10.1. The molecule has 21 heavy (non-hydrogen) atoms. The SMILES string of the molecule is Cc1cc(Oc2ccc([N+](=O)[O-])cc2CO)cc(C)c1Br. The molecule has 0 spiro atoms. The predicted molar refractivity (Wildman–Crippen MR) is 82.7 cm³/mol. The van der Waals surface area contributed by atoms with Crippen molar-refractivity contribution in [1.82, 2.24) is 0 Å². The first kappa shape index (κ1) is 15.5. The van der Waals surface area contributed by atoms with Crippen LogP contribution in [0, 0.1) is 24.0 Å². The molecular weight excluding hydrogens is 338 g/mol. The highest BCUT2D eigenvalue weighted by atomic mass is 79.9. The van der Waals surface area contributed by atoms with E-state index in [1.54, 1.807) is 0 Å². The van der Waals surface area contributed by atoms with Gasteiger partial charge in [-0.2, -0.15) is 0 Å². The number of aliphatic hydroxyl groups excluding tert-OH is 1. The molecular formula is C15H14BrNO4. The van der Waals surface area contributed by atoms with Gasteiger partial charge in [0.15, 0.2) is 0 Å². The van der Waals surface area contributed by atoms with Gasteiger partial charge in [-0.25, -0.2) is 0 Å². The molecule has 2 aromatic rings. The maximum atomic E-state index is 10.7. The average Bonchev–Trinajstić information content (AvgIpc) is 2.44. The molecule has 0 saturated carbocycles. The normalized spacial score (nSPS) is 10.5. The number of non-ortho nitro benzene ring substituents is 1. The molecule has 6 heteroatoms. The summed E-state index contributed by atoms with van der Waals surface area (Å²) in [5.41, 5.74) is 2.35. The lowest BCUT2D eigenvalue weighted by Crippen LogP contribution is -1.96. The Kier molecular flexibility index (Phi) is 4.59. The van der Waals surface area contributed by atoms with Crippen LogP contribution in [0.25, 0.3) is 0 Å². The highest BCUT2D eigenvalue weighted by Gasteiger charge is 2.12. The van der Waals surface area contributed by atoms with Crippen LogP contribution in [-0.2, 0) is 6.61 Å². The maximum absolute atomic E-state index is 10.7. The van der Waals surface area contributed by atoms with Gasteiger partial charge in [-0.15, -0.1) is 0 Å². The summed E-state index contributed by atoms with van der Waals surface area (Å²) in [6.45, 7) is 3.57. The molecule has 1 N–H and O–H groups in total. The Balaban J connectivity index is 2.37. The van der Waals surface area contributed by atoms with Gasteiger partial charge in [0.05, 0.1) is 11.5 Å². The van der Waals surface area contributed by atoms with Crippen LogP contribution in [-0.4, -0.2) is 10.0 Å². The molecule has 0 radical (unpaired) electrons. The summed E-state index contributed by atoms with van der Waals surface area (Å²) in [6.07, 6.45) is 0. The number of halogens is 1. The molecule has 2 rings (SSSR count). The fraction of sp³-hybridized carbons (Fsp3) is 0.200. The van der Waals surface area contributed by atoms with Crippen LogP contribution in [0.5, 0.6) is 11.5 Å². The molecule has 0 fully saturated rings. The molecule has 0 bridgehead atoms. The van der Waals surface area contributed by atoms with Crippen molar-refractivity contribution >= 4 is 21.6 Å². The van der Waals surface area contributed by atoms with E-state index in [0.717, 1.165) is 15.6 Å².